The minimum absolute atomic E-state index is 0.312. The monoisotopic (exact) mass is 280 g/mol. The van der Waals surface area contributed by atoms with E-state index in [9.17, 15) is 4.79 Å². The normalized spacial score (nSPS) is 34.8. The highest BCUT2D eigenvalue weighted by Crippen LogP contribution is 2.29. The number of amides is 1. The molecule has 0 saturated carbocycles. The van der Waals surface area contributed by atoms with Gasteiger partial charge in [0.2, 0.25) is 5.91 Å². The zero-order chi connectivity index (χ0) is 14.1. The molecule has 3 rings (SSSR count). The second kappa shape index (κ2) is 6.00. The molecule has 1 amide bonds. The van der Waals surface area contributed by atoms with Crippen LogP contribution in [-0.4, -0.2) is 85.6 Å². The fraction of sp³-hybridized carbons (Fsp3) is 0.933. The summed E-state index contributed by atoms with van der Waals surface area (Å²) in [5.74, 6) is 0.312. The van der Waals surface area contributed by atoms with Crippen LogP contribution in [-0.2, 0) is 4.79 Å². The van der Waals surface area contributed by atoms with Crippen molar-refractivity contribution in [2.24, 2.45) is 0 Å². The maximum absolute atomic E-state index is 12.4. The smallest absolute Gasteiger partial charge is 0.236 e. The van der Waals surface area contributed by atoms with Crippen LogP contribution in [0, 0.1) is 0 Å². The quantitative estimate of drug-likeness (QED) is 0.788. The number of nitrogens with one attached hydrogen (secondary N) is 1. The first-order chi connectivity index (χ1) is 9.61. The van der Waals surface area contributed by atoms with Gasteiger partial charge in [0.15, 0.2) is 0 Å². The lowest BCUT2D eigenvalue weighted by molar-refractivity contribution is -0.134. The number of fused-ring (bicyclic) bond motifs is 2. The van der Waals surface area contributed by atoms with Gasteiger partial charge in [-0.15, -0.1) is 0 Å². The Labute approximate surface area is 122 Å². The van der Waals surface area contributed by atoms with Crippen molar-refractivity contribution in [1.29, 1.82) is 0 Å². The molecule has 0 aromatic rings. The molecule has 20 heavy (non-hydrogen) atoms. The summed E-state index contributed by atoms with van der Waals surface area (Å²) >= 11 is 0. The summed E-state index contributed by atoms with van der Waals surface area (Å²) in [6.45, 7) is 4.38. The van der Waals surface area contributed by atoms with Crippen LogP contribution in [0.25, 0.3) is 0 Å². The summed E-state index contributed by atoms with van der Waals surface area (Å²) in [5.41, 5.74) is 0. The summed E-state index contributed by atoms with van der Waals surface area (Å²) in [4.78, 5) is 19.0. The van der Waals surface area contributed by atoms with Crippen molar-refractivity contribution in [2.75, 3.05) is 46.8 Å². The number of carbonyl (C=O) groups is 1. The Hall–Kier alpha value is -0.650. The number of piperidine rings is 1. The zero-order valence-electron chi connectivity index (χ0n) is 12.8. The van der Waals surface area contributed by atoms with Gasteiger partial charge in [0, 0.05) is 44.3 Å². The molecule has 3 aliphatic rings. The van der Waals surface area contributed by atoms with E-state index in [1.807, 2.05) is 4.90 Å². The number of nitrogens with zero attached hydrogens (tertiary/aromatic N) is 3. The molecular weight excluding hydrogens is 252 g/mol. The van der Waals surface area contributed by atoms with Gasteiger partial charge in [-0.3, -0.25) is 9.69 Å². The van der Waals surface area contributed by atoms with Gasteiger partial charge in [0.25, 0.3) is 0 Å². The van der Waals surface area contributed by atoms with Gasteiger partial charge in [-0.2, -0.15) is 0 Å². The van der Waals surface area contributed by atoms with E-state index < -0.39 is 0 Å². The van der Waals surface area contributed by atoms with Crippen LogP contribution in [0.1, 0.15) is 25.7 Å². The Balaban J connectivity index is 1.48. The molecule has 0 aromatic heterocycles. The van der Waals surface area contributed by atoms with Crippen LogP contribution in [0.5, 0.6) is 0 Å². The van der Waals surface area contributed by atoms with Gasteiger partial charge in [-0.1, -0.05) is 0 Å². The molecule has 2 bridgehead atoms. The van der Waals surface area contributed by atoms with Crippen LogP contribution in [0.3, 0.4) is 0 Å². The first-order valence-corrected chi connectivity index (χ1v) is 8.04. The zero-order valence-corrected chi connectivity index (χ0v) is 12.8. The van der Waals surface area contributed by atoms with Gasteiger partial charge < -0.3 is 15.1 Å². The van der Waals surface area contributed by atoms with Crippen molar-refractivity contribution in [3.8, 4) is 0 Å². The van der Waals surface area contributed by atoms with Crippen molar-refractivity contribution >= 4 is 5.91 Å². The minimum atomic E-state index is 0.312. The lowest BCUT2D eigenvalue weighted by Crippen LogP contribution is -2.52. The van der Waals surface area contributed by atoms with Crippen LogP contribution < -0.4 is 5.32 Å². The molecule has 2 atom stereocenters. The number of carbonyl (C=O) groups excluding carboxylic acids is 1. The first-order valence-electron chi connectivity index (χ1n) is 8.04. The molecule has 0 aromatic carbocycles. The van der Waals surface area contributed by atoms with Gasteiger partial charge >= 0.3 is 0 Å². The molecule has 3 fully saturated rings. The molecule has 114 valence electrons. The third kappa shape index (κ3) is 3.15. The van der Waals surface area contributed by atoms with Crippen molar-refractivity contribution in [1.82, 2.24) is 20.0 Å². The van der Waals surface area contributed by atoms with Crippen LogP contribution in [0.2, 0.25) is 0 Å². The molecule has 3 aliphatic heterocycles. The Morgan fingerprint density at radius 3 is 2.35 bits per heavy atom. The summed E-state index contributed by atoms with van der Waals surface area (Å²) in [6, 6.07) is 1.98. The number of piperazine rings is 1. The molecular formula is C15H28N4O. The number of hydrogen-bond acceptors (Lipinski definition) is 4. The second-order valence-electron chi connectivity index (χ2n) is 6.86. The van der Waals surface area contributed by atoms with Crippen LogP contribution in [0.15, 0.2) is 0 Å². The van der Waals surface area contributed by atoms with E-state index in [0.717, 1.165) is 26.2 Å². The summed E-state index contributed by atoms with van der Waals surface area (Å²) in [7, 11) is 4.25. The molecule has 5 heteroatoms. The predicted molar refractivity (Wildman–Crippen MR) is 79.7 cm³/mol. The molecule has 1 N–H and O–H groups in total. The highest BCUT2D eigenvalue weighted by molar-refractivity contribution is 5.78. The number of likely N-dealkylation sites (N-methyl/N-ethyl adjacent to an activating group) is 2. The summed E-state index contributed by atoms with van der Waals surface area (Å²) < 4.78 is 0. The van der Waals surface area contributed by atoms with Crippen LogP contribution >= 0.6 is 0 Å². The van der Waals surface area contributed by atoms with Gasteiger partial charge in [0.05, 0.1) is 6.54 Å². The van der Waals surface area contributed by atoms with E-state index in [-0.39, 0.29) is 0 Å². The molecule has 5 nitrogen and oxygen atoms in total. The van der Waals surface area contributed by atoms with E-state index in [0.29, 0.717) is 30.6 Å². The Bertz CT molecular complexity index is 342. The number of hydrogen-bond donors (Lipinski definition) is 1. The largest absolute Gasteiger partial charge is 0.339 e. The van der Waals surface area contributed by atoms with Gasteiger partial charge in [0.1, 0.15) is 0 Å². The summed E-state index contributed by atoms with van der Waals surface area (Å²) in [5, 5.41) is 3.67. The molecule has 3 saturated heterocycles. The minimum Gasteiger partial charge on any atom is -0.339 e. The molecule has 0 radical (unpaired) electrons. The highest BCUT2D eigenvalue weighted by Gasteiger charge is 2.35. The van der Waals surface area contributed by atoms with E-state index in [1.165, 1.54) is 25.7 Å². The van der Waals surface area contributed by atoms with E-state index in [1.54, 1.807) is 0 Å². The van der Waals surface area contributed by atoms with Gasteiger partial charge in [-0.05, 0) is 39.8 Å². The fourth-order valence-corrected chi connectivity index (χ4v) is 3.89. The van der Waals surface area contributed by atoms with E-state index in [4.69, 9.17) is 0 Å². The van der Waals surface area contributed by atoms with E-state index in [2.05, 4.69) is 29.2 Å². The standard InChI is InChI=1S/C15H28N4O/c1-17-5-7-19(8-6-17)15(20)11-18(2)14-9-12-3-4-13(10-14)16-12/h12-14,16H,3-11H2,1-2H3. The highest BCUT2D eigenvalue weighted by atomic mass is 16.2. The van der Waals surface area contributed by atoms with Gasteiger partial charge in [-0.25, -0.2) is 0 Å². The molecule has 3 heterocycles. The Kier molecular flexibility index (Phi) is 4.29. The predicted octanol–water partition coefficient (Wildman–Crippen LogP) is -0.0248. The summed E-state index contributed by atoms with van der Waals surface area (Å²) in [6.07, 6.45) is 5.06. The SMILES string of the molecule is CN1CCN(C(=O)CN(C)C2CC3CCC(C2)N3)CC1. The van der Waals surface area contributed by atoms with Crippen LogP contribution in [0.4, 0.5) is 0 Å². The maximum atomic E-state index is 12.4. The topological polar surface area (TPSA) is 38.8 Å². The van der Waals surface area contributed by atoms with Crippen molar-refractivity contribution in [3.63, 3.8) is 0 Å². The molecule has 0 spiro atoms. The van der Waals surface area contributed by atoms with Crippen molar-refractivity contribution in [3.05, 3.63) is 0 Å². The Morgan fingerprint density at radius 2 is 1.75 bits per heavy atom. The lowest BCUT2D eigenvalue weighted by atomic mass is 9.98. The van der Waals surface area contributed by atoms with Crippen molar-refractivity contribution in [2.45, 2.75) is 43.8 Å². The molecule has 0 aliphatic carbocycles. The lowest BCUT2D eigenvalue weighted by Gasteiger charge is -2.37. The Morgan fingerprint density at radius 1 is 1.15 bits per heavy atom. The first kappa shape index (κ1) is 14.3. The fourth-order valence-electron chi connectivity index (χ4n) is 3.89. The number of rotatable bonds is 3. The average Bonchev–Trinajstić information content (AvgIpc) is 2.78. The van der Waals surface area contributed by atoms with E-state index >= 15 is 0 Å². The molecule has 2 unspecified atom stereocenters. The van der Waals surface area contributed by atoms with Crippen molar-refractivity contribution < 1.29 is 4.79 Å². The third-order valence-corrected chi connectivity index (χ3v) is 5.31. The second-order valence-corrected chi connectivity index (χ2v) is 6.86. The maximum Gasteiger partial charge on any atom is 0.236 e. The third-order valence-electron chi connectivity index (χ3n) is 5.31. The average molecular weight is 280 g/mol.